The lowest BCUT2D eigenvalue weighted by atomic mass is 10.1. The first-order valence-corrected chi connectivity index (χ1v) is 4.23. The van der Waals surface area contributed by atoms with Crippen LogP contribution in [-0.4, -0.2) is 17.0 Å². The van der Waals surface area contributed by atoms with E-state index >= 15 is 0 Å². The lowest BCUT2D eigenvalue weighted by molar-refractivity contribution is -0.288. The van der Waals surface area contributed by atoms with E-state index in [1.165, 1.54) is 0 Å². The summed E-state index contributed by atoms with van der Waals surface area (Å²) in [5.74, 6) is 0. The molecule has 1 aromatic rings. The fraction of sp³-hybridized carbons (Fsp3) is 0.250. The highest BCUT2D eigenvalue weighted by Crippen LogP contribution is 2.18. The molecule has 0 bridgehead atoms. The van der Waals surface area contributed by atoms with E-state index in [4.69, 9.17) is 10.4 Å². The van der Waals surface area contributed by atoms with E-state index in [2.05, 4.69) is 20.8 Å². The van der Waals surface area contributed by atoms with Crippen molar-refractivity contribution >= 4 is 15.9 Å². The molecule has 0 radical (unpaired) electrons. The van der Waals surface area contributed by atoms with Crippen molar-refractivity contribution in [1.29, 1.82) is 0 Å². The fourth-order valence-corrected chi connectivity index (χ4v) is 1.14. The fourth-order valence-electron chi connectivity index (χ4n) is 0.877. The summed E-state index contributed by atoms with van der Waals surface area (Å²) in [6, 6.07) is 7.16. The molecule has 66 valence electrons. The summed E-state index contributed by atoms with van der Waals surface area (Å²) in [6.07, 6.45) is -0.655. The smallest absolute Gasteiger partial charge is 0.141 e. The molecule has 2 N–H and O–H groups in total. The van der Waals surface area contributed by atoms with Gasteiger partial charge in [-0.05, 0) is 17.7 Å². The molecule has 0 spiro atoms. The largest absolute Gasteiger partial charge is 0.393 e. The second-order valence-corrected chi connectivity index (χ2v) is 3.24. The molecule has 0 heterocycles. The third kappa shape index (κ3) is 2.28. The lowest BCUT2D eigenvalue weighted by Gasteiger charge is -2.09. The normalized spacial score (nSPS) is 12.9. The van der Waals surface area contributed by atoms with Gasteiger partial charge in [-0.2, -0.15) is 0 Å². The molecule has 0 saturated carbocycles. The molecule has 1 rings (SSSR count). The molecule has 3 nitrogen and oxygen atoms in total. The van der Waals surface area contributed by atoms with Gasteiger partial charge < -0.3 is 5.11 Å². The van der Waals surface area contributed by atoms with Gasteiger partial charge in [0.15, 0.2) is 0 Å². The monoisotopic (exact) mass is 232 g/mol. The summed E-state index contributed by atoms with van der Waals surface area (Å²) in [7, 11) is 0. The molecule has 0 amide bonds. The third-order valence-electron chi connectivity index (χ3n) is 1.53. The van der Waals surface area contributed by atoms with Crippen molar-refractivity contribution in [3.8, 4) is 0 Å². The molecular weight excluding hydrogens is 224 g/mol. The number of rotatable bonds is 3. The number of halogens is 1. The van der Waals surface area contributed by atoms with Crippen LogP contribution in [0.25, 0.3) is 0 Å². The molecule has 1 aromatic carbocycles. The third-order valence-corrected chi connectivity index (χ3v) is 2.06. The molecule has 4 heteroatoms. The quantitative estimate of drug-likeness (QED) is 0.619. The molecule has 0 aliphatic heterocycles. The average Bonchev–Trinajstić information content (AvgIpc) is 2.10. The minimum absolute atomic E-state index is 0.238. The van der Waals surface area contributed by atoms with E-state index in [1.54, 1.807) is 12.1 Å². The minimum atomic E-state index is -0.655. The minimum Gasteiger partial charge on any atom is -0.393 e. The van der Waals surface area contributed by atoms with Crippen LogP contribution in [0.5, 0.6) is 0 Å². The average molecular weight is 233 g/mol. The molecule has 12 heavy (non-hydrogen) atoms. The van der Waals surface area contributed by atoms with Crippen LogP contribution in [-0.2, 0) is 4.89 Å². The zero-order valence-corrected chi connectivity index (χ0v) is 7.86. The Bertz CT molecular complexity index is 231. The number of hydrogen-bond donors (Lipinski definition) is 2. The van der Waals surface area contributed by atoms with Crippen LogP contribution in [0, 0.1) is 0 Å². The predicted molar refractivity (Wildman–Crippen MR) is 47.7 cm³/mol. The topological polar surface area (TPSA) is 49.7 Å². The first-order valence-electron chi connectivity index (χ1n) is 3.44. The highest BCUT2D eigenvalue weighted by molar-refractivity contribution is 9.10. The van der Waals surface area contributed by atoms with Crippen LogP contribution in [0.15, 0.2) is 28.7 Å². The molecule has 1 unspecified atom stereocenters. The van der Waals surface area contributed by atoms with E-state index < -0.39 is 6.10 Å². The van der Waals surface area contributed by atoms with E-state index in [1.807, 2.05) is 12.1 Å². The molecule has 0 saturated heterocycles. The molecule has 0 aromatic heterocycles. The Balaban J connectivity index is 2.80. The van der Waals surface area contributed by atoms with E-state index in [0.717, 1.165) is 10.0 Å². The van der Waals surface area contributed by atoms with Crippen LogP contribution in [0.4, 0.5) is 0 Å². The SMILES string of the molecule is OCC(OO)c1ccc(Br)cc1. The maximum absolute atomic E-state index is 8.75. The van der Waals surface area contributed by atoms with Gasteiger partial charge >= 0.3 is 0 Å². The summed E-state index contributed by atoms with van der Waals surface area (Å²) in [5, 5.41) is 17.1. The van der Waals surface area contributed by atoms with E-state index in [-0.39, 0.29) is 6.61 Å². The highest BCUT2D eigenvalue weighted by atomic mass is 79.9. The predicted octanol–water partition coefficient (Wildman–Crippen LogP) is 1.97. The number of aliphatic hydroxyl groups excluding tert-OH is 1. The Hall–Kier alpha value is -0.420. The highest BCUT2D eigenvalue weighted by Gasteiger charge is 2.09. The van der Waals surface area contributed by atoms with Crippen LogP contribution in [0.3, 0.4) is 0 Å². The number of hydrogen-bond acceptors (Lipinski definition) is 3. The molecule has 1 atom stereocenters. The van der Waals surface area contributed by atoms with Crippen molar-refractivity contribution < 1.29 is 15.3 Å². The van der Waals surface area contributed by atoms with E-state index in [9.17, 15) is 0 Å². The van der Waals surface area contributed by atoms with Gasteiger partial charge in [-0.1, -0.05) is 28.1 Å². The van der Waals surface area contributed by atoms with Crippen molar-refractivity contribution in [3.63, 3.8) is 0 Å². The van der Waals surface area contributed by atoms with Gasteiger partial charge in [0.05, 0.1) is 6.61 Å². The zero-order valence-electron chi connectivity index (χ0n) is 6.27. The van der Waals surface area contributed by atoms with Crippen LogP contribution >= 0.6 is 15.9 Å². The summed E-state index contributed by atoms with van der Waals surface area (Å²) >= 11 is 3.27. The summed E-state index contributed by atoms with van der Waals surface area (Å²) in [6.45, 7) is -0.238. The van der Waals surface area contributed by atoms with Gasteiger partial charge in [-0.3, -0.25) is 5.26 Å². The van der Waals surface area contributed by atoms with Crippen molar-refractivity contribution in [2.24, 2.45) is 0 Å². The zero-order chi connectivity index (χ0) is 8.97. The standard InChI is InChI=1S/C8H9BrO3/c9-7-3-1-6(2-4-7)8(5-10)12-11/h1-4,8,10-11H,5H2. The Kier molecular flexibility index (Phi) is 3.68. The Morgan fingerprint density at radius 1 is 1.33 bits per heavy atom. The van der Waals surface area contributed by atoms with Crippen molar-refractivity contribution in [2.45, 2.75) is 6.10 Å². The van der Waals surface area contributed by atoms with Gasteiger partial charge in [0.1, 0.15) is 6.10 Å². The van der Waals surface area contributed by atoms with Gasteiger partial charge in [-0.25, -0.2) is 4.89 Å². The molecule has 0 fully saturated rings. The maximum Gasteiger partial charge on any atom is 0.141 e. The Morgan fingerprint density at radius 3 is 2.33 bits per heavy atom. The summed E-state index contributed by atoms with van der Waals surface area (Å²) in [5.41, 5.74) is 0.739. The van der Waals surface area contributed by atoms with E-state index in [0.29, 0.717) is 0 Å². The number of benzene rings is 1. The van der Waals surface area contributed by atoms with Gasteiger partial charge in [0.2, 0.25) is 0 Å². The summed E-state index contributed by atoms with van der Waals surface area (Å²) < 4.78 is 0.945. The molecular formula is C8H9BrO3. The van der Waals surface area contributed by atoms with Gasteiger partial charge in [-0.15, -0.1) is 0 Å². The number of aliphatic hydroxyl groups is 1. The Labute approximate surface area is 78.7 Å². The van der Waals surface area contributed by atoms with Crippen molar-refractivity contribution in [3.05, 3.63) is 34.3 Å². The Morgan fingerprint density at radius 2 is 1.92 bits per heavy atom. The maximum atomic E-state index is 8.75. The second kappa shape index (κ2) is 4.57. The lowest BCUT2D eigenvalue weighted by Crippen LogP contribution is -2.05. The van der Waals surface area contributed by atoms with Gasteiger partial charge in [0, 0.05) is 4.47 Å². The molecule has 0 aliphatic rings. The van der Waals surface area contributed by atoms with Crippen LogP contribution in [0.2, 0.25) is 0 Å². The van der Waals surface area contributed by atoms with Gasteiger partial charge in [0.25, 0.3) is 0 Å². The first-order chi connectivity index (χ1) is 5.77. The summed E-state index contributed by atoms with van der Waals surface area (Å²) in [4.78, 5) is 4.06. The van der Waals surface area contributed by atoms with Crippen molar-refractivity contribution in [1.82, 2.24) is 0 Å². The van der Waals surface area contributed by atoms with Crippen molar-refractivity contribution in [2.75, 3.05) is 6.61 Å². The molecule has 0 aliphatic carbocycles. The second-order valence-electron chi connectivity index (χ2n) is 2.33. The van der Waals surface area contributed by atoms with Crippen LogP contribution < -0.4 is 0 Å². The van der Waals surface area contributed by atoms with Crippen LogP contribution in [0.1, 0.15) is 11.7 Å². The first kappa shape index (κ1) is 9.67.